The van der Waals surface area contributed by atoms with Gasteiger partial charge in [0.2, 0.25) is 0 Å². The van der Waals surface area contributed by atoms with Crippen LogP contribution in [0.3, 0.4) is 0 Å². The van der Waals surface area contributed by atoms with Crippen molar-refractivity contribution in [2.24, 2.45) is 4.99 Å². The molecule has 1 saturated heterocycles. The van der Waals surface area contributed by atoms with E-state index in [0.717, 1.165) is 45.0 Å². The fourth-order valence-corrected chi connectivity index (χ4v) is 3.96. The average Bonchev–Trinajstić information content (AvgIpc) is 2.80. The molecule has 0 aliphatic carbocycles. The van der Waals surface area contributed by atoms with Crippen molar-refractivity contribution in [3.05, 3.63) is 71.3 Å². The van der Waals surface area contributed by atoms with Gasteiger partial charge in [0.15, 0.2) is 5.96 Å². The second-order valence-corrected chi connectivity index (χ2v) is 8.65. The largest absolute Gasteiger partial charge is 0.393 e. The molecule has 0 amide bonds. The lowest BCUT2D eigenvalue weighted by molar-refractivity contribution is 0.0792. The lowest BCUT2D eigenvalue weighted by Crippen LogP contribution is -2.44. The van der Waals surface area contributed by atoms with Crippen molar-refractivity contribution >= 4 is 5.96 Å². The van der Waals surface area contributed by atoms with Gasteiger partial charge in [-0.15, -0.1) is 0 Å². The third-order valence-corrected chi connectivity index (χ3v) is 6.19. The van der Waals surface area contributed by atoms with Gasteiger partial charge in [0.05, 0.1) is 12.6 Å². The van der Waals surface area contributed by atoms with Crippen LogP contribution in [0.15, 0.2) is 59.6 Å². The number of guanidine groups is 1. The highest BCUT2D eigenvalue weighted by Crippen LogP contribution is 2.18. The van der Waals surface area contributed by atoms with E-state index in [1.807, 2.05) is 0 Å². The summed E-state index contributed by atoms with van der Waals surface area (Å²) in [6.07, 6.45) is 1.65. The van der Waals surface area contributed by atoms with Gasteiger partial charge in [0.1, 0.15) is 0 Å². The second kappa shape index (κ2) is 11.9. The Kier molecular flexibility index (Phi) is 8.92. The number of aliphatic imine (C=N–C) groups is 1. The zero-order valence-electron chi connectivity index (χ0n) is 19.2. The summed E-state index contributed by atoms with van der Waals surface area (Å²) in [5.41, 5.74) is 3.86. The number of nitrogens with one attached hydrogen (secondary N) is 2. The van der Waals surface area contributed by atoms with Crippen LogP contribution in [0.4, 0.5) is 0 Å². The van der Waals surface area contributed by atoms with Crippen molar-refractivity contribution in [1.29, 1.82) is 0 Å². The zero-order chi connectivity index (χ0) is 22.1. The highest BCUT2D eigenvalue weighted by molar-refractivity contribution is 5.80. The van der Waals surface area contributed by atoms with E-state index in [1.165, 1.54) is 16.7 Å². The molecule has 0 aromatic heterocycles. The Morgan fingerprint density at radius 1 is 1.03 bits per heavy atom. The molecule has 31 heavy (non-hydrogen) atoms. The summed E-state index contributed by atoms with van der Waals surface area (Å²) in [6.45, 7) is 10.9. The van der Waals surface area contributed by atoms with Crippen molar-refractivity contribution in [1.82, 2.24) is 15.5 Å². The van der Waals surface area contributed by atoms with Crippen LogP contribution in [0.25, 0.3) is 0 Å². The molecule has 3 rings (SSSR count). The number of rotatable bonds is 8. The molecule has 0 saturated carbocycles. The van der Waals surface area contributed by atoms with Gasteiger partial charge >= 0.3 is 0 Å². The van der Waals surface area contributed by atoms with Crippen LogP contribution in [-0.2, 0) is 13.1 Å². The fraction of sp³-hybridized carbons (Fsp3) is 0.500. The summed E-state index contributed by atoms with van der Waals surface area (Å²) in [5.74, 6) is 1.24. The molecule has 3 N–H and O–H groups in total. The van der Waals surface area contributed by atoms with E-state index >= 15 is 0 Å². The first-order valence-corrected chi connectivity index (χ1v) is 11.6. The third-order valence-electron chi connectivity index (χ3n) is 6.19. The van der Waals surface area contributed by atoms with Gasteiger partial charge in [-0.1, -0.05) is 61.5 Å². The Labute approximate surface area is 187 Å². The van der Waals surface area contributed by atoms with Crippen molar-refractivity contribution in [3.63, 3.8) is 0 Å². The minimum atomic E-state index is -0.116. The van der Waals surface area contributed by atoms with Gasteiger partial charge in [0.25, 0.3) is 0 Å². The molecule has 2 aromatic rings. The van der Waals surface area contributed by atoms with E-state index in [1.54, 1.807) is 0 Å². The summed E-state index contributed by atoms with van der Waals surface area (Å²) in [6, 6.07) is 19.6. The van der Waals surface area contributed by atoms with E-state index in [4.69, 9.17) is 4.99 Å². The monoisotopic (exact) mass is 422 g/mol. The van der Waals surface area contributed by atoms with E-state index in [-0.39, 0.29) is 12.1 Å². The second-order valence-electron chi connectivity index (χ2n) is 8.65. The van der Waals surface area contributed by atoms with E-state index in [9.17, 15) is 5.11 Å². The van der Waals surface area contributed by atoms with E-state index in [2.05, 4.69) is 90.9 Å². The number of benzene rings is 2. The molecule has 1 fully saturated rings. The first kappa shape index (κ1) is 23.3. The summed E-state index contributed by atoms with van der Waals surface area (Å²) in [5, 5.41) is 16.6. The van der Waals surface area contributed by atoms with Crippen LogP contribution in [-0.4, -0.2) is 47.7 Å². The first-order valence-electron chi connectivity index (χ1n) is 11.6. The van der Waals surface area contributed by atoms with Crippen molar-refractivity contribution in [2.75, 3.05) is 19.6 Å². The summed E-state index contributed by atoms with van der Waals surface area (Å²) in [7, 11) is 0. The number of hydrogen-bond acceptors (Lipinski definition) is 3. The van der Waals surface area contributed by atoms with Gasteiger partial charge in [0, 0.05) is 38.1 Å². The third kappa shape index (κ3) is 7.37. The molecule has 5 nitrogen and oxygen atoms in total. The van der Waals surface area contributed by atoms with Gasteiger partial charge in [-0.2, -0.15) is 0 Å². The van der Waals surface area contributed by atoms with E-state index in [0.29, 0.717) is 12.5 Å². The smallest absolute Gasteiger partial charge is 0.191 e. The van der Waals surface area contributed by atoms with Crippen LogP contribution in [0.5, 0.6) is 0 Å². The molecular formula is C26H38N4O. The Balaban J connectivity index is 1.54. The molecule has 2 atom stereocenters. The number of aliphatic hydroxyl groups excluding tert-OH is 1. The van der Waals surface area contributed by atoms with Gasteiger partial charge < -0.3 is 15.7 Å². The van der Waals surface area contributed by atoms with Crippen LogP contribution in [0, 0.1) is 0 Å². The normalized spacial score (nSPS) is 17.9. The number of likely N-dealkylation sites (tertiary alicyclic amines) is 1. The average molecular weight is 423 g/mol. The van der Waals surface area contributed by atoms with Crippen LogP contribution >= 0.6 is 0 Å². The first-order chi connectivity index (χ1) is 15.0. The lowest BCUT2D eigenvalue weighted by Gasteiger charge is -2.29. The SMILES string of the molecule is CCNC(=NCc1ccc(CN2CCC(O)CC2)cc1)NC(C)C(C)c1ccccc1. The highest BCUT2D eigenvalue weighted by Gasteiger charge is 2.17. The van der Waals surface area contributed by atoms with Crippen LogP contribution in [0.1, 0.15) is 56.2 Å². The summed E-state index contributed by atoms with van der Waals surface area (Å²) < 4.78 is 0. The fourth-order valence-electron chi connectivity index (χ4n) is 3.96. The Hall–Kier alpha value is -2.37. The molecule has 2 unspecified atom stereocenters. The molecule has 1 aliphatic rings. The number of nitrogens with zero attached hydrogens (tertiary/aromatic N) is 2. The maximum Gasteiger partial charge on any atom is 0.191 e. The molecule has 0 radical (unpaired) electrons. The molecule has 168 valence electrons. The highest BCUT2D eigenvalue weighted by atomic mass is 16.3. The molecule has 1 aliphatic heterocycles. The molecule has 5 heteroatoms. The Morgan fingerprint density at radius 2 is 1.68 bits per heavy atom. The minimum absolute atomic E-state index is 0.116. The van der Waals surface area contributed by atoms with Crippen molar-refractivity contribution < 1.29 is 5.11 Å². The maximum absolute atomic E-state index is 9.66. The number of piperidine rings is 1. The molecule has 0 spiro atoms. The Bertz CT molecular complexity index is 798. The zero-order valence-corrected chi connectivity index (χ0v) is 19.2. The topological polar surface area (TPSA) is 59.9 Å². The summed E-state index contributed by atoms with van der Waals surface area (Å²) in [4.78, 5) is 7.23. The molecule has 0 bridgehead atoms. The minimum Gasteiger partial charge on any atom is -0.393 e. The van der Waals surface area contributed by atoms with Crippen molar-refractivity contribution in [3.8, 4) is 0 Å². The Morgan fingerprint density at radius 3 is 2.32 bits per heavy atom. The number of hydrogen-bond donors (Lipinski definition) is 3. The van der Waals surface area contributed by atoms with Crippen LogP contribution < -0.4 is 10.6 Å². The predicted octanol–water partition coefficient (Wildman–Crippen LogP) is 3.89. The lowest BCUT2D eigenvalue weighted by atomic mass is 9.94. The van der Waals surface area contributed by atoms with Crippen molar-refractivity contribution in [2.45, 2.75) is 64.8 Å². The quantitative estimate of drug-likeness (QED) is 0.446. The molecule has 2 aromatic carbocycles. The van der Waals surface area contributed by atoms with Gasteiger partial charge in [-0.25, -0.2) is 4.99 Å². The summed E-state index contributed by atoms with van der Waals surface area (Å²) >= 11 is 0. The van der Waals surface area contributed by atoms with E-state index < -0.39 is 0 Å². The van der Waals surface area contributed by atoms with Gasteiger partial charge in [-0.05, 0) is 43.4 Å². The van der Waals surface area contributed by atoms with Gasteiger partial charge in [-0.3, -0.25) is 4.90 Å². The maximum atomic E-state index is 9.66. The van der Waals surface area contributed by atoms with Crippen LogP contribution in [0.2, 0.25) is 0 Å². The standard InChI is InChI=1S/C26H38N4O/c1-4-27-26(29-21(3)20(2)24-8-6-5-7-9-24)28-18-22-10-12-23(13-11-22)19-30-16-14-25(31)15-17-30/h5-13,20-21,25,31H,4,14-19H2,1-3H3,(H2,27,28,29). The predicted molar refractivity (Wildman–Crippen MR) is 129 cm³/mol. The molecule has 1 heterocycles. The molecular weight excluding hydrogens is 384 g/mol. The number of aliphatic hydroxyl groups is 1.